The molecule has 2 aromatic rings. The van der Waals surface area contributed by atoms with Gasteiger partial charge in [0.1, 0.15) is 17.3 Å². The van der Waals surface area contributed by atoms with Gasteiger partial charge in [0.15, 0.2) is 0 Å². The highest BCUT2D eigenvalue weighted by Crippen LogP contribution is 2.30. The highest BCUT2D eigenvalue weighted by molar-refractivity contribution is 5.99. The average Bonchev–Trinajstić information content (AvgIpc) is 2.57. The zero-order valence-electron chi connectivity index (χ0n) is 13.4. The molecule has 22 heavy (non-hydrogen) atoms. The molecule has 0 saturated carbocycles. The summed E-state index contributed by atoms with van der Waals surface area (Å²) in [5.41, 5.74) is 4.72. The Balaban J connectivity index is 1.82. The standard InChI is InChI=1S/C19H22N2O/c1-13-5-6-14(2)18(15(13)3)22-17-9-7-16(8-10-17)19-20-11-4-12-21-19/h5-10H,4,11-12H2,1-3H3,(H,20,21). The Hall–Kier alpha value is -2.29. The van der Waals surface area contributed by atoms with Crippen LogP contribution in [0.15, 0.2) is 41.4 Å². The molecule has 3 nitrogen and oxygen atoms in total. The lowest BCUT2D eigenvalue weighted by Gasteiger charge is -2.16. The molecule has 3 heteroatoms. The molecular formula is C19H22N2O. The summed E-state index contributed by atoms with van der Waals surface area (Å²) in [6, 6.07) is 12.4. The van der Waals surface area contributed by atoms with Gasteiger partial charge in [0, 0.05) is 18.7 Å². The molecule has 0 bridgehead atoms. The van der Waals surface area contributed by atoms with E-state index in [0.29, 0.717) is 0 Å². The Kier molecular flexibility index (Phi) is 4.14. The van der Waals surface area contributed by atoms with Crippen molar-refractivity contribution < 1.29 is 4.74 Å². The highest BCUT2D eigenvalue weighted by atomic mass is 16.5. The van der Waals surface area contributed by atoms with E-state index < -0.39 is 0 Å². The Morgan fingerprint density at radius 1 is 0.955 bits per heavy atom. The second-order valence-electron chi connectivity index (χ2n) is 5.79. The first-order valence-corrected chi connectivity index (χ1v) is 7.78. The predicted octanol–water partition coefficient (Wildman–Crippen LogP) is 4.14. The predicted molar refractivity (Wildman–Crippen MR) is 91.2 cm³/mol. The molecule has 0 fully saturated rings. The van der Waals surface area contributed by atoms with Crippen LogP contribution in [-0.4, -0.2) is 18.9 Å². The van der Waals surface area contributed by atoms with Crippen LogP contribution in [0.4, 0.5) is 0 Å². The van der Waals surface area contributed by atoms with Gasteiger partial charge in [-0.2, -0.15) is 0 Å². The summed E-state index contributed by atoms with van der Waals surface area (Å²) >= 11 is 0. The van der Waals surface area contributed by atoms with Crippen molar-refractivity contribution >= 4 is 5.84 Å². The average molecular weight is 294 g/mol. The fourth-order valence-electron chi connectivity index (χ4n) is 2.61. The largest absolute Gasteiger partial charge is 0.457 e. The van der Waals surface area contributed by atoms with Gasteiger partial charge in [0.2, 0.25) is 0 Å². The Morgan fingerprint density at radius 3 is 2.36 bits per heavy atom. The third kappa shape index (κ3) is 2.98. The van der Waals surface area contributed by atoms with Crippen molar-refractivity contribution in [1.29, 1.82) is 0 Å². The van der Waals surface area contributed by atoms with Gasteiger partial charge in [-0.3, -0.25) is 4.99 Å². The number of rotatable bonds is 3. The number of aliphatic imine (C=N–C) groups is 1. The molecule has 3 rings (SSSR count). The van der Waals surface area contributed by atoms with Gasteiger partial charge in [-0.15, -0.1) is 0 Å². The molecule has 0 unspecified atom stereocenters. The number of amidine groups is 1. The highest BCUT2D eigenvalue weighted by Gasteiger charge is 2.09. The first-order valence-electron chi connectivity index (χ1n) is 7.78. The topological polar surface area (TPSA) is 33.6 Å². The van der Waals surface area contributed by atoms with E-state index in [9.17, 15) is 0 Å². The molecule has 1 aliphatic rings. The molecule has 0 saturated heterocycles. The summed E-state index contributed by atoms with van der Waals surface area (Å²) < 4.78 is 6.10. The van der Waals surface area contributed by atoms with Crippen molar-refractivity contribution in [1.82, 2.24) is 5.32 Å². The molecule has 1 heterocycles. The van der Waals surface area contributed by atoms with Crippen molar-refractivity contribution in [3.63, 3.8) is 0 Å². The van der Waals surface area contributed by atoms with Gasteiger partial charge >= 0.3 is 0 Å². The molecule has 0 amide bonds. The number of hydrogen-bond donors (Lipinski definition) is 1. The van der Waals surface area contributed by atoms with Gasteiger partial charge in [-0.05, 0) is 68.1 Å². The molecule has 0 aromatic heterocycles. The fraction of sp³-hybridized carbons (Fsp3) is 0.316. The van der Waals surface area contributed by atoms with E-state index in [2.05, 4.69) is 55.3 Å². The van der Waals surface area contributed by atoms with Crippen molar-refractivity contribution in [3.05, 3.63) is 58.7 Å². The number of hydrogen-bond acceptors (Lipinski definition) is 3. The minimum atomic E-state index is 0.858. The third-order valence-corrected chi connectivity index (χ3v) is 4.12. The summed E-state index contributed by atoms with van der Waals surface area (Å²) in [6.07, 6.45) is 1.11. The number of nitrogens with one attached hydrogen (secondary N) is 1. The van der Waals surface area contributed by atoms with E-state index in [-0.39, 0.29) is 0 Å². The van der Waals surface area contributed by atoms with Gasteiger partial charge in [0.05, 0.1) is 0 Å². The van der Waals surface area contributed by atoms with E-state index in [1.807, 2.05) is 12.1 Å². The lowest BCUT2D eigenvalue weighted by molar-refractivity contribution is 0.474. The summed E-state index contributed by atoms with van der Waals surface area (Å²) in [4.78, 5) is 4.52. The minimum absolute atomic E-state index is 0.858. The van der Waals surface area contributed by atoms with Crippen molar-refractivity contribution in [2.45, 2.75) is 27.2 Å². The maximum absolute atomic E-state index is 6.10. The molecule has 114 valence electrons. The van der Waals surface area contributed by atoms with E-state index >= 15 is 0 Å². The van der Waals surface area contributed by atoms with Crippen molar-refractivity contribution in [3.8, 4) is 11.5 Å². The molecular weight excluding hydrogens is 272 g/mol. The van der Waals surface area contributed by atoms with Crippen LogP contribution in [0.3, 0.4) is 0 Å². The first kappa shape index (κ1) is 14.6. The monoisotopic (exact) mass is 294 g/mol. The summed E-state index contributed by atoms with van der Waals surface area (Å²) in [6.45, 7) is 8.20. The fourth-order valence-corrected chi connectivity index (χ4v) is 2.61. The number of benzene rings is 2. The van der Waals surface area contributed by atoms with Crippen LogP contribution < -0.4 is 10.1 Å². The Labute approximate surface area is 132 Å². The first-order chi connectivity index (χ1) is 10.6. The van der Waals surface area contributed by atoms with E-state index in [1.54, 1.807) is 0 Å². The zero-order chi connectivity index (χ0) is 15.5. The molecule has 0 spiro atoms. The number of ether oxygens (including phenoxy) is 1. The second kappa shape index (κ2) is 6.22. The van der Waals surface area contributed by atoms with Crippen LogP contribution in [0.2, 0.25) is 0 Å². The normalized spacial score (nSPS) is 14.2. The molecule has 1 aliphatic heterocycles. The maximum atomic E-state index is 6.10. The number of nitrogens with zero attached hydrogens (tertiary/aromatic N) is 1. The quantitative estimate of drug-likeness (QED) is 0.923. The lowest BCUT2D eigenvalue weighted by atomic mass is 10.1. The minimum Gasteiger partial charge on any atom is -0.457 e. The van der Waals surface area contributed by atoms with Gasteiger partial charge in [0.25, 0.3) is 0 Å². The van der Waals surface area contributed by atoms with Crippen LogP contribution in [0.1, 0.15) is 28.7 Å². The van der Waals surface area contributed by atoms with Crippen LogP contribution in [0.25, 0.3) is 0 Å². The summed E-state index contributed by atoms with van der Waals surface area (Å²) in [5, 5.41) is 3.34. The zero-order valence-corrected chi connectivity index (χ0v) is 13.4. The van der Waals surface area contributed by atoms with E-state index in [0.717, 1.165) is 48.0 Å². The van der Waals surface area contributed by atoms with Crippen LogP contribution in [0.5, 0.6) is 11.5 Å². The molecule has 2 aromatic carbocycles. The second-order valence-corrected chi connectivity index (χ2v) is 5.79. The van der Waals surface area contributed by atoms with Crippen molar-refractivity contribution in [2.24, 2.45) is 4.99 Å². The lowest BCUT2D eigenvalue weighted by Crippen LogP contribution is -2.30. The summed E-state index contributed by atoms with van der Waals surface area (Å²) in [5.74, 6) is 2.80. The molecule has 0 atom stereocenters. The van der Waals surface area contributed by atoms with Crippen LogP contribution >= 0.6 is 0 Å². The molecule has 0 radical (unpaired) electrons. The van der Waals surface area contributed by atoms with Gasteiger partial charge in [-0.25, -0.2) is 0 Å². The Morgan fingerprint density at radius 2 is 1.68 bits per heavy atom. The van der Waals surface area contributed by atoms with Gasteiger partial charge < -0.3 is 10.1 Å². The Bertz CT molecular complexity index is 702. The number of aryl methyl sites for hydroxylation is 2. The smallest absolute Gasteiger partial charge is 0.133 e. The van der Waals surface area contributed by atoms with Crippen LogP contribution in [-0.2, 0) is 0 Å². The summed E-state index contributed by atoms with van der Waals surface area (Å²) in [7, 11) is 0. The van der Waals surface area contributed by atoms with Crippen LogP contribution in [0, 0.1) is 20.8 Å². The van der Waals surface area contributed by atoms with Crippen molar-refractivity contribution in [2.75, 3.05) is 13.1 Å². The van der Waals surface area contributed by atoms with E-state index in [1.165, 1.54) is 11.1 Å². The molecule has 0 aliphatic carbocycles. The van der Waals surface area contributed by atoms with Gasteiger partial charge in [-0.1, -0.05) is 12.1 Å². The van der Waals surface area contributed by atoms with E-state index in [4.69, 9.17) is 4.74 Å². The molecule has 1 N–H and O–H groups in total. The third-order valence-electron chi connectivity index (χ3n) is 4.12. The maximum Gasteiger partial charge on any atom is 0.133 e. The SMILES string of the molecule is Cc1ccc(C)c(Oc2ccc(C3=NCCCN3)cc2)c1C.